The Hall–Kier alpha value is -2.05. The quantitative estimate of drug-likeness (QED) is 0.637. The van der Waals surface area contributed by atoms with Gasteiger partial charge in [0.05, 0.1) is 6.54 Å². The molecule has 0 saturated heterocycles. The van der Waals surface area contributed by atoms with Crippen LogP contribution in [0.5, 0.6) is 0 Å². The molecule has 7 heteroatoms. The first-order chi connectivity index (χ1) is 14.1. The molecule has 0 radical (unpaired) electrons. The lowest BCUT2D eigenvalue weighted by Gasteiger charge is -2.39. The summed E-state index contributed by atoms with van der Waals surface area (Å²) >= 11 is 0. The van der Waals surface area contributed by atoms with Gasteiger partial charge in [0.1, 0.15) is 0 Å². The average molecular weight is 422 g/mol. The normalized spacial score (nSPS) is 33.1. The Morgan fingerprint density at radius 2 is 1.87 bits per heavy atom. The molecule has 2 aliphatic carbocycles. The van der Waals surface area contributed by atoms with Crippen LogP contribution in [-0.4, -0.2) is 35.0 Å². The number of hydrogen-bond donors (Lipinski definition) is 1. The van der Waals surface area contributed by atoms with Crippen LogP contribution < -0.4 is 5.32 Å². The second-order valence-electron chi connectivity index (χ2n) is 9.57. The van der Waals surface area contributed by atoms with Gasteiger partial charge in [0, 0.05) is 23.6 Å². The number of hydrazone groups is 1. The minimum atomic E-state index is -4.18. The van der Waals surface area contributed by atoms with Gasteiger partial charge in [0.25, 0.3) is 0 Å². The van der Waals surface area contributed by atoms with Crippen LogP contribution in [0.15, 0.2) is 35.4 Å². The predicted octanol–water partition coefficient (Wildman–Crippen LogP) is 5.85. The molecule has 2 fully saturated rings. The summed E-state index contributed by atoms with van der Waals surface area (Å²) in [6, 6.07) is 9.38. The first kappa shape index (κ1) is 21.2. The second-order valence-corrected chi connectivity index (χ2v) is 9.57. The van der Waals surface area contributed by atoms with E-state index in [9.17, 15) is 18.0 Å². The summed E-state index contributed by atoms with van der Waals surface area (Å²) in [5.41, 5.74) is 1.50. The number of carbonyl (C=O) groups is 1. The third kappa shape index (κ3) is 3.83. The van der Waals surface area contributed by atoms with Gasteiger partial charge in [-0.3, -0.25) is 0 Å². The highest BCUT2D eigenvalue weighted by Gasteiger charge is 2.60. The Bertz CT molecular complexity index is 815. The third-order valence-corrected chi connectivity index (χ3v) is 7.86. The first-order valence-corrected chi connectivity index (χ1v) is 10.9. The van der Waals surface area contributed by atoms with Crippen LogP contribution in [0.3, 0.4) is 0 Å². The van der Waals surface area contributed by atoms with Crippen molar-refractivity contribution in [1.82, 2.24) is 10.3 Å². The Labute approximate surface area is 175 Å². The van der Waals surface area contributed by atoms with Crippen molar-refractivity contribution in [1.29, 1.82) is 0 Å². The van der Waals surface area contributed by atoms with Crippen LogP contribution in [0.2, 0.25) is 0 Å². The van der Waals surface area contributed by atoms with E-state index in [1.54, 1.807) is 0 Å². The molecule has 1 aromatic rings. The number of amides is 2. The minimum absolute atomic E-state index is 0.0149. The van der Waals surface area contributed by atoms with Crippen molar-refractivity contribution in [3.63, 3.8) is 0 Å². The Morgan fingerprint density at radius 3 is 2.43 bits per heavy atom. The number of fused-ring (bicyclic) bond motifs is 2. The molecule has 1 aromatic carbocycles. The maximum absolute atomic E-state index is 13.2. The standard InChI is InChI=1S/C23H30F3N3O/c1-21-13-10-17(11-14-21)22(21,2)27-20(30)29-15-18(16-7-4-3-5-8-16)19(28-29)9-6-12-23(24,25)26/h3-5,7-8,17-18H,6,9-15H2,1-2H3,(H,27,30)/t17?,18?,21?,22-/m0/s1. The number of halogens is 3. The number of carbonyl (C=O) groups excluding carboxylic acids is 1. The highest BCUT2D eigenvalue weighted by atomic mass is 19.4. The van der Waals surface area contributed by atoms with E-state index >= 15 is 0 Å². The molecule has 3 aliphatic rings. The number of rotatable bonds is 5. The van der Waals surface area contributed by atoms with Crippen molar-refractivity contribution in [3.05, 3.63) is 35.9 Å². The summed E-state index contributed by atoms with van der Waals surface area (Å²) in [7, 11) is 0. The average Bonchev–Trinajstić information content (AvgIpc) is 3.29. The number of alkyl halides is 3. The van der Waals surface area contributed by atoms with Gasteiger partial charge in [-0.2, -0.15) is 18.3 Å². The van der Waals surface area contributed by atoms with Crippen LogP contribution in [0.4, 0.5) is 18.0 Å². The predicted molar refractivity (Wildman–Crippen MR) is 110 cm³/mol. The van der Waals surface area contributed by atoms with Crippen molar-refractivity contribution >= 4 is 11.7 Å². The summed E-state index contributed by atoms with van der Waals surface area (Å²) in [6.07, 6.45) is -0.292. The lowest BCUT2D eigenvalue weighted by molar-refractivity contribution is -0.135. The fraction of sp³-hybridized carbons (Fsp3) is 0.652. The third-order valence-electron chi connectivity index (χ3n) is 7.86. The van der Waals surface area contributed by atoms with Crippen LogP contribution in [0.25, 0.3) is 0 Å². The smallest absolute Gasteiger partial charge is 0.331 e. The molecule has 2 atom stereocenters. The maximum Gasteiger partial charge on any atom is 0.389 e. The van der Waals surface area contributed by atoms with Gasteiger partial charge >= 0.3 is 12.2 Å². The number of hydrogen-bond acceptors (Lipinski definition) is 2. The molecule has 1 heterocycles. The van der Waals surface area contributed by atoms with Crippen LogP contribution in [-0.2, 0) is 0 Å². The van der Waals surface area contributed by atoms with Crippen molar-refractivity contribution in [2.24, 2.45) is 16.4 Å². The van der Waals surface area contributed by atoms with Gasteiger partial charge in [-0.1, -0.05) is 37.3 Å². The fourth-order valence-corrected chi connectivity index (χ4v) is 5.73. The number of urea groups is 1. The molecule has 2 saturated carbocycles. The van der Waals surface area contributed by atoms with Crippen LogP contribution in [0.1, 0.15) is 70.3 Å². The SMILES string of the molecule is CC12CCC(CC1)[C@]2(C)NC(=O)N1CC(c2ccccc2)C(CCCC(F)(F)F)=N1. The maximum atomic E-state index is 13.2. The van der Waals surface area contributed by atoms with E-state index in [1.165, 1.54) is 5.01 Å². The number of nitrogens with one attached hydrogen (secondary N) is 1. The summed E-state index contributed by atoms with van der Waals surface area (Å²) in [6.45, 7) is 4.77. The fourth-order valence-electron chi connectivity index (χ4n) is 5.73. The molecule has 1 unspecified atom stereocenters. The molecule has 0 aromatic heterocycles. The van der Waals surface area contributed by atoms with Crippen molar-refractivity contribution in [2.45, 2.75) is 76.4 Å². The van der Waals surface area contributed by atoms with E-state index in [1.807, 2.05) is 30.3 Å². The molecule has 4 nitrogen and oxygen atoms in total. The number of nitrogens with zero attached hydrogens (tertiary/aromatic N) is 2. The van der Waals surface area contributed by atoms with E-state index in [-0.39, 0.29) is 35.7 Å². The van der Waals surface area contributed by atoms with E-state index in [0.717, 1.165) is 31.2 Å². The lowest BCUT2D eigenvalue weighted by Crippen LogP contribution is -2.56. The van der Waals surface area contributed by atoms with Crippen molar-refractivity contribution < 1.29 is 18.0 Å². The molecule has 1 aliphatic heterocycles. The second kappa shape index (κ2) is 7.57. The molecule has 0 spiro atoms. The largest absolute Gasteiger partial charge is 0.389 e. The van der Waals surface area contributed by atoms with Crippen LogP contribution >= 0.6 is 0 Å². The molecule has 2 bridgehead atoms. The van der Waals surface area contributed by atoms with Gasteiger partial charge < -0.3 is 5.32 Å². The van der Waals surface area contributed by atoms with Gasteiger partial charge in [-0.25, -0.2) is 9.80 Å². The summed E-state index contributed by atoms with van der Waals surface area (Å²) in [4.78, 5) is 13.2. The first-order valence-electron chi connectivity index (χ1n) is 10.9. The molecular formula is C23H30F3N3O. The zero-order valence-electron chi connectivity index (χ0n) is 17.6. The van der Waals surface area contributed by atoms with Gasteiger partial charge in [0.15, 0.2) is 0 Å². The zero-order chi connectivity index (χ0) is 21.6. The van der Waals surface area contributed by atoms with Gasteiger partial charge in [-0.05, 0) is 62.3 Å². The number of benzene rings is 1. The highest BCUT2D eigenvalue weighted by molar-refractivity contribution is 5.94. The molecule has 1 N–H and O–H groups in total. The van der Waals surface area contributed by atoms with E-state index in [2.05, 4.69) is 24.3 Å². The van der Waals surface area contributed by atoms with Crippen molar-refractivity contribution in [2.75, 3.05) is 6.54 Å². The Balaban J connectivity index is 1.49. The van der Waals surface area contributed by atoms with E-state index < -0.39 is 12.6 Å². The molecule has 4 rings (SSSR count). The monoisotopic (exact) mass is 421 g/mol. The summed E-state index contributed by atoms with van der Waals surface area (Å²) in [5, 5.41) is 9.21. The summed E-state index contributed by atoms with van der Waals surface area (Å²) in [5.74, 6) is 0.322. The topological polar surface area (TPSA) is 44.7 Å². The lowest BCUT2D eigenvalue weighted by atomic mass is 9.76. The Kier molecular flexibility index (Phi) is 5.35. The van der Waals surface area contributed by atoms with Crippen molar-refractivity contribution in [3.8, 4) is 0 Å². The minimum Gasteiger partial charge on any atom is -0.331 e. The van der Waals surface area contributed by atoms with Gasteiger partial charge in [-0.15, -0.1) is 0 Å². The molecule has 164 valence electrons. The highest BCUT2D eigenvalue weighted by Crippen LogP contribution is 2.60. The molecule has 30 heavy (non-hydrogen) atoms. The molecular weight excluding hydrogens is 391 g/mol. The van der Waals surface area contributed by atoms with Crippen LogP contribution in [0, 0.1) is 11.3 Å². The zero-order valence-corrected chi connectivity index (χ0v) is 17.6. The Morgan fingerprint density at radius 1 is 1.20 bits per heavy atom. The van der Waals surface area contributed by atoms with Gasteiger partial charge in [0.2, 0.25) is 0 Å². The summed E-state index contributed by atoms with van der Waals surface area (Å²) < 4.78 is 37.9. The van der Waals surface area contributed by atoms with E-state index in [0.29, 0.717) is 18.2 Å². The van der Waals surface area contributed by atoms with E-state index in [4.69, 9.17) is 0 Å². The molecule has 2 amide bonds.